The molecule has 0 atom stereocenters. The Balaban J connectivity index is 1.49. The minimum atomic E-state index is 0.469. The van der Waals surface area contributed by atoms with Gasteiger partial charge in [-0.15, -0.1) is 0 Å². The molecule has 3 N–H and O–H groups in total. The zero-order valence-corrected chi connectivity index (χ0v) is 16.6. The van der Waals surface area contributed by atoms with Gasteiger partial charge < -0.3 is 11.1 Å². The maximum atomic E-state index is 6.12. The number of unbranched alkanes of at least 4 members (excludes halogenated alkanes) is 1. The summed E-state index contributed by atoms with van der Waals surface area (Å²) in [5.41, 5.74) is 9.45. The molecule has 1 aliphatic heterocycles. The van der Waals surface area contributed by atoms with E-state index in [9.17, 15) is 0 Å². The summed E-state index contributed by atoms with van der Waals surface area (Å²) in [6.45, 7) is 7.15. The van der Waals surface area contributed by atoms with E-state index in [0.29, 0.717) is 18.3 Å². The highest BCUT2D eigenvalue weighted by atomic mass is 15.3. The van der Waals surface area contributed by atoms with Crippen molar-refractivity contribution in [2.45, 2.75) is 45.7 Å². The zero-order chi connectivity index (χ0) is 19.3. The standard InChI is InChI=1S/C21H29N7/c1-2-3-10-23-21-25-19(22)18-13-24-28(20(18)26-21)15-17-8-6-16(7-9-17)14-27-11-4-5-12-27/h6-9,13H,2-5,10-12,14-15H2,1H3,(H3,22,23,25,26). The number of nitrogens with one attached hydrogen (secondary N) is 1. The molecule has 4 rings (SSSR count). The third-order valence-corrected chi connectivity index (χ3v) is 5.30. The lowest BCUT2D eigenvalue weighted by molar-refractivity contribution is 0.331. The van der Waals surface area contributed by atoms with E-state index < -0.39 is 0 Å². The van der Waals surface area contributed by atoms with Crippen LogP contribution in [0, 0.1) is 0 Å². The first-order chi connectivity index (χ1) is 13.7. The highest BCUT2D eigenvalue weighted by Crippen LogP contribution is 2.20. The van der Waals surface area contributed by atoms with Crippen LogP contribution in [-0.2, 0) is 13.1 Å². The number of anilines is 2. The zero-order valence-electron chi connectivity index (χ0n) is 16.6. The lowest BCUT2D eigenvalue weighted by Crippen LogP contribution is -2.18. The Morgan fingerprint density at radius 3 is 2.46 bits per heavy atom. The molecule has 2 aromatic heterocycles. The van der Waals surface area contributed by atoms with Crippen LogP contribution in [0.3, 0.4) is 0 Å². The maximum absolute atomic E-state index is 6.12. The van der Waals surface area contributed by atoms with Crippen LogP contribution in [0.15, 0.2) is 30.5 Å². The van der Waals surface area contributed by atoms with E-state index in [-0.39, 0.29) is 0 Å². The van der Waals surface area contributed by atoms with Crippen LogP contribution < -0.4 is 11.1 Å². The van der Waals surface area contributed by atoms with Gasteiger partial charge >= 0.3 is 0 Å². The van der Waals surface area contributed by atoms with E-state index in [1.165, 1.54) is 37.1 Å². The fraction of sp³-hybridized carbons (Fsp3) is 0.476. The molecule has 0 unspecified atom stereocenters. The molecule has 3 aromatic rings. The van der Waals surface area contributed by atoms with Gasteiger partial charge in [-0.05, 0) is 43.5 Å². The van der Waals surface area contributed by atoms with E-state index in [1.54, 1.807) is 6.20 Å². The van der Waals surface area contributed by atoms with Crippen molar-refractivity contribution in [2.24, 2.45) is 0 Å². The van der Waals surface area contributed by atoms with Crippen LogP contribution in [0.5, 0.6) is 0 Å². The molecule has 7 heteroatoms. The molecule has 0 spiro atoms. The number of nitrogens with zero attached hydrogens (tertiary/aromatic N) is 5. The van der Waals surface area contributed by atoms with Gasteiger partial charge in [0.25, 0.3) is 0 Å². The average Bonchev–Trinajstić information content (AvgIpc) is 3.34. The minimum absolute atomic E-state index is 0.469. The maximum Gasteiger partial charge on any atom is 0.226 e. The molecule has 0 radical (unpaired) electrons. The van der Waals surface area contributed by atoms with Gasteiger partial charge in [0, 0.05) is 13.1 Å². The summed E-state index contributed by atoms with van der Waals surface area (Å²) in [6, 6.07) is 8.81. The molecule has 1 aliphatic rings. The van der Waals surface area contributed by atoms with E-state index in [4.69, 9.17) is 5.73 Å². The van der Waals surface area contributed by atoms with Gasteiger partial charge in [0.05, 0.1) is 18.1 Å². The van der Waals surface area contributed by atoms with Crippen LogP contribution in [0.25, 0.3) is 11.0 Å². The average molecular weight is 380 g/mol. The number of nitrogen functional groups attached to an aromatic ring is 1. The van der Waals surface area contributed by atoms with Gasteiger partial charge in [0.1, 0.15) is 5.82 Å². The number of aromatic nitrogens is 4. The summed E-state index contributed by atoms with van der Waals surface area (Å²) in [7, 11) is 0. The Bertz CT molecular complexity index is 910. The third kappa shape index (κ3) is 4.25. The number of benzene rings is 1. The Kier molecular flexibility index (Phi) is 5.71. The lowest BCUT2D eigenvalue weighted by Gasteiger charge is -2.14. The largest absolute Gasteiger partial charge is 0.383 e. The van der Waals surface area contributed by atoms with E-state index in [1.807, 2.05) is 4.68 Å². The van der Waals surface area contributed by atoms with E-state index in [2.05, 4.69) is 56.5 Å². The highest BCUT2D eigenvalue weighted by Gasteiger charge is 2.13. The van der Waals surface area contributed by atoms with Gasteiger partial charge in [0.15, 0.2) is 5.65 Å². The molecule has 1 aromatic carbocycles. The van der Waals surface area contributed by atoms with Crippen molar-refractivity contribution >= 4 is 22.8 Å². The normalized spacial score (nSPS) is 14.8. The van der Waals surface area contributed by atoms with Crippen molar-refractivity contribution in [3.8, 4) is 0 Å². The van der Waals surface area contributed by atoms with Crippen molar-refractivity contribution in [3.63, 3.8) is 0 Å². The third-order valence-electron chi connectivity index (χ3n) is 5.30. The Morgan fingerprint density at radius 2 is 1.75 bits per heavy atom. The second kappa shape index (κ2) is 8.56. The number of rotatable bonds is 8. The summed E-state index contributed by atoms with van der Waals surface area (Å²) >= 11 is 0. The summed E-state index contributed by atoms with van der Waals surface area (Å²) < 4.78 is 1.90. The number of likely N-dealkylation sites (tertiary alicyclic amines) is 1. The van der Waals surface area contributed by atoms with Gasteiger partial charge in [-0.25, -0.2) is 4.68 Å². The van der Waals surface area contributed by atoms with E-state index >= 15 is 0 Å². The van der Waals surface area contributed by atoms with Crippen LogP contribution in [0.2, 0.25) is 0 Å². The second-order valence-corrected chi connectivity index (χ2v) is 7.55. The topological polar surface area (TPSA) is 84.9 Å². The quantitative estimate of drug-likeness (QED) is 0.584. The molecule has 0 saturated carbocycles. The first-order valence-corrected chi connectivity index (χ1v) is 10.3. The summed E-state index contributed by atoms with van der Waals surface area (Å²) in [5, 5.41) is 8.54. The Labute approximate surface area is 166 Å². The second-order valence-electron chi connectivity index (χ2n) is 7.55. The highest BCUT2D eigenvalue weighted by molar-refractivity contribution is 5.86. The molecule has 0 aliphatic carbocycles. The minimum Gasteiger partial charge on any atom is -0.383 e. The molecular formula is C21H29N7. The Hall–Kier alpha value is -2.67. The van der Waals surface area contributed by atoms with E-state index in [0.717, 1.165) is 37.0 Å². The number of hydrogen-bond acceptors (Lipinski definition) is 6. The first kappa shape index (κ1) is 18.7. The van der Waals surface area contributed by atoms with Crippen LogP contribution in [0.1, 0.15) is 43.7 Å². The molecule has 0 amide bonds. The van der Waals surface area contributed by atoms with Crippen molar-refractivity contribution in [3.05, 3.63) is 41.6 Å². The number of fused-ring (bicyclic) bond motifs is 1. The van der Waals surface area contributed by atoms with Crippen molar-refractivity contribution in [1.29, 1.82) is 0 Å². The monoisotopic (exact) mass is 379 g/mol. The van der Waals surface area contributed by atoms with Crippen molar-refractivity contribution in [2.75, 3.05) is 30.7 Å². The lowest BCUT2D eigenvalue weighted by atomic mass is 10.1. The van der Waals surface area contributed by atoms with Crippen molar-refractivity contribution in [1.82, 2.24) is 24.6 Å². The molecule has 3 heterocycles. The van der Waals surface area contributed by atoms with Gasteiger partial charge in [-0.3, -0.25) is 4.90 Å². The number of hydrogen-bond donors (Lipinski definition) is 2. The predicted molar refractivity (Wildman–Crippen MR) is 113 cm³/mol. The SMILES string of the molecule is CCCCNc1nc(N)c2cnn(Cc3ccc(CN4CCCC4)cc3)c2n1. The van der Waals surface area contributed by atoms with Gasteiger partial charge in [-0.2, -0.15) is 15.1 Å². The first-order valence-electron chi connectivity index (χ1n) is 10.3. The van der Waals surface area contributed by atoms with Gasteiger partial charge in [-0.1, -0.05) is 37.6 Å². The van der Waals surface area contributed by atoms with Crippen molar-refractivity contribution < 1.29 is 0 Å². The molecule has 1 fully saturated rings. The Morgan fingerprint density at radius 1 is 1.04 bits per heavy atom. The predicted octanol–water partition coefficient (Wildman–Crippen LogP) is 3.26. The van der Waals surface area contributed by atoms with Crippen LogP contribution in [-0.4, -0.2) is 44.3 Å². The summed E-state index contributed by atoms with van der Waals surface area (Å²) in [5.74, 6) is 1.04. The fourth-order valence-electron chi connectivity index (χ4n) is 3.67. The molecule has 0 bridgehead atoms. The molecule has 28 heavy (non-hydrogen) atoms. The van der Waals surface area contributed by atoms with Crippen LogP contribution >= 0.6 is 0 Å². The summed E-state index contributed by atoms with van der Waals surface area (Å²) in [6.07, 6.45) is 6.60. The van der Waals surface area contributed by atoms with Gasteiger partial charge in [0.2, 0.25) is 5.95 Å². The van der Waals surface area contributed by atoms with Crippen LogP contribution in [0.4, 0.5) is 11.8 Å². The smallest absolute Gasteiger partial charge is 0.226 e. The molecule has 148 valence electrons. The molecular weight excluding hydrogens is 350 g/mol. The molecule has 7 nitrogen and oxygen atoms in total. The fourth-order valence-corrected chi connectivity index (χ4v) is 3.67. The summed E-state index contributed by atoms with van der Waals surface area (Å²) in [4.78, 5) is 11.5. The molecule has 1 saturated heterocycles. The number of nitrogens with two attached hydrogens (primary N) is 1.